The highest BCUT2D eigenvalue weighted by molar-refractivity contribution is 6.35. The lowest BCUT2D eigenvalue weighted by Gasteiger charge is -2.29. The number of fused-ring (bicyclic) bond motifs is 4. The first kappa shape index (κ1) is 32.0. The lowest BCUT2D eigenvalue weighted by atomic mass is 9.98. The summed E-state index contributed by atoms with van der Waals surface area (Å²) in [7, 11) is 0. The molecule has 4 aromatic rings. The van der Waals surface area contributed by atoms with E-state index < -0.39 is 29.4 Å². The first-order chi connectivity index (χ1) is 21.2. The third kappa shape index (κ3) is 7.14. The van der Waals surface area contributed by atoms with Crippen molar-refractivity contribution in [3.05, 3.63) is 99.1 Å². The van der Waals surface area contributed by atoms with Crippen molar-refractivity contribution < 1.29 is 19.1 Å². The first-order valence-electron chi connectivity index (χ1n) is 15.1. The molecule has 45 heavy (non-hydrogen) atoms. The Morgan fingerprint density at radius 2 is 1.56 bits per heavy atom. The third-order valence-corrected chi connectivity index (χ3v) is 8.14. The van der Waals surface area contributed by atoms with Gasteiger partial charge in [0.25, 0.3) is 5.56 Å². The van der Waals surface area contributed by atoms with Gasteiger partial charge in [-0.05, 0) is 82.3 Å². The van der Waals surface area contributed by atoms with Gasteiger partial charge in [0, 0.05) is 18.0 Å². The molecule has 0 spiro atoms. The van der Waals surface area contributed by atoms with Crippen molar-refractivity contribution in [3.63, 3.8) is 0 Å². The molecular weight excluding hydrogens is 592 g/mol. The molecule has 10 heteroatoms. The number of hydrogen-bond donors (Lipinski definition) is 2. The predicted molar refractivity (Wildman–Crippen MR) is 176 cm³/mol. The maximum absolute atomic E-state index is 13.8. The Hall–Kier alpha value is -4.37. The summed E-state index contributed by atoms with van der Waals surface area (Å²) < 4.78 is 12.7. The second-order valence-corrected chi connectivity index (χ2v) is 13.4. The normalized spacial score (nSPS) is 13.6. The van der Waals surface area contributed by atoms with Crippen molar-refractivity contribution in [1.29, 1.82) is 0 Å². The molecule has 0 bridgehead atoms. The molecule has 0 saturated carbocycles. The average molecular weight is 631 g/mol. The quantitative estimate of drug-likeness (QED) is 0.211. The van der Waals surface area contributed by atoms with Gasteiger partial charge in [-0.1, -0.05) is 66.2 Å². The summed E-state index contributed by atoms with van der Waals surface area (Å²) in [5.74, 6) is 0.258. The lowest BCUT2D eigenvalue weighted by Crippen LogP contribution is -2.47. The standard InChI is InChI=1S/C35H39ClN4O5/c1-21(37-32(42)44-20-26-24-14-9-7-12-22(24)23-13-8-10-15-25(23)26)30-38-28-17-11-16-27(36)29(28)31(41)40(30)19-18-35(5,6)39-33(43)45-34(2,3)4/h7-17,21,26H,18-20H2,1-6H3,(H,37,42)(H,39,43)/t21-/m0/s1. The average Bonchev–Trinajstić information content (AvgIpc) is 3.27. The fraction of sp³-hybridized carbons (Fsp3) is 0.371. The summed E-state index contributed by atoms with van der Waals surface area (Å²) in [5.41, 5.74) is 3.22. The largest absolute Gasteiger partial charge is 0.449 e. The van der Waals surface area contributed by atoms with Crippen LogP contribution in [0.15, 0.2) is 71.5 Å². The van der Waals surface area contributed by atoms with Gasteiger partial charge < -0.3 is 20.1 Å². The molecule has 5 rings (SSSR count). The number of hydrogen-bond acceptors (Lipinski definition) is 6. The third-order valence-electron chi connectivity index (χ3n) is 7.83. The second kappa shape index (κ2) is 12.6. The maximum atomic E-state index is 13.8. The minimum Gasteiger partial charge on any atom is -0.449 e. The van der Waals surface area contributed by atoms with Crippen LogP contribution >= 0.6 is 11.6 Å². The highest BCUT2D eigenvalue weighted by atomic mass is 35.5. The van der Waals surface area contributed by atoms with E-state index in [1.54, 1.807) is 45.9 Å². The van der Waals surface area contributed by atoms with Crippen LogP contribution in [-0.2, 0) is 16.0 Å². The van der Waals surface area contributed by atoms with Crippen molar-refractivity contribution in [2.45, 2.75) is 77.6 Å². The number of ether oxygens (including phenoxy) is 2. The zero-order chi connectivity index (χ0) is 32.5. The van der Waals surface area contributed by atoms with Crippen molar-refractivity contribution in [1.82, 2.24) is 20.2 Å². The molecule has 3 aromatic carbocycles. The van der Waals surface area contributed by atoms with E-state index in [1.165, 1.54) is 4.57 Å². The lowest BCUT2D eigenvalue weighted by molar-refractivity contribution is 0.0465. The molecule has 236 valence electrons. The number of nitrogens with one attached hydrogen (secondary N) is 2. The molecular formula is C35H39ClN4O5. The van der Waals surface area contributed by atoms with Gasteiger partial charge in [-0.15, -0.1) is 0 Å². The summed E-state index contributed by atoms with van der Waals surface area (Å²) in [6.07, 6.45) is -0.803. The van der Waals surface area contributed by atoms with Crippen LogP contribution in [0, 0.1) is 0 Å². The molecule has 1 aliphatic rings. The Kier molecular flexibility index (Phi) is 8.94. The summed E-state index contributed by atoms with van der Waals surface area (Å²) >= 11 is 6.43. The Morgan fingerprint density at radius 1 is 0.933 bits per heavy atom. The maximum Gasteiger partial charge on any atom is 0.408 e. The van der Waals surface area contributed by atoms with Crippen LogP contribution in [0.3, 0.4) is 0 Å². The molecule has 1 aromatic heterocycles. The molecule has 2 N–H and O–H groups in total. The van der Waals surface area contributed by atoms with E-state index >= 15 is 0 Å². The van der Waals surface area contributed by atoms with E-state index in [9.17, 15) is 14.4 Å². The molecule has 0 fully saturated rings. The molecule has 0 radical (unpaired) electrons. The number of carbonyl (C=O) groups is 2. The van der Waals surface area contributed by atoms with Crippen LogP contribution < -0.4 is 16.2 Å². The van der Waals surface area contributed by atoms with E-state index in [2.05, 4.69) is 34.9 Å². The number of nitrogens with zero attached hydrogens (tertiary/aromatic N) is 2. The minimum atomic E-state index is -0.724. The Labute approximate surface area is 267 Å². The van der Waals surface area contributed by atoms with Gasteiger partial charge in [0.2, 0.25) is 0 Å². The summed E-state index contributed by atoms with van der Waals surface area (Å²) in [6.45, 7) is 11.2. The monoisotopic (exact) mass is 630 g/mol. The summed E-state index contributed by atoms with van der Waals surface area (Å²) in [4.78, 5) is 44.2. The predicted octanol–water partition coefficient (Wildman–Crippen LogP) is 7.34. The van der Waals surface area contributed by atoms with Gasteiger partial charge in [-0.25, -0.2) is 14.6 Å². The topological polar surface area (TPSA) is 112 Å². The number of rotatable bonds is 8. The van der Waals surface area contributed by atoms with E-state index in [0.717, 1.165) is 22.3 Å². The van der Waals surface area contributed by atoms with Crippen molar-refractivity contribution in [2.24, 2.45) is 0 Å². The number of halogens is 1. The van der Waals surface area contributed by atoms with Crippen molar-refractivity contribution in [2.75, 3.05) is 6.61 Å². The number of amides is 2. The highest BCUT2D eigenvalue weighted by Crippen LogP contribution is 2.44. The summed E-state index contributed by atoms with van der Waals surface area (Å²) in [5, 5.41) is 6.31. The Bertz CT molecular complexity index is 1760. The SMILES string of the molecule is C[C@H](NC(=O)OCC1c2ccccc2-c2ccccc21)c1nc2cccc(Cl)c2c(=O)n1CCC(C)(C)NC(=O)OC(C)(C)C. The fourth-order valence-corrected chi connectivity index (χ4v) is 5.95. The summed E-state index contributed by atoms with van der Waals surface area (Å²) in [6, 6.07) is 20.7. The van der Waals surface area contributed by atoms with E-state index in [-0.39, 0.29) is 35.0 Å². The van der Waals surface area contributed by atoms with Crippen LogP contribution in [0.2, 0.25) is 5.02 Å². The van der Waals surface area contributed by atoms with Crippen LogP contribution in [0.1, 0.15) is 76.9 Å². The van der Waals surface area contributed by atoms with Crippen molar-refractivity contribution in [3.8, 4) is 11.1 Å². The number of alkyl carbamates (subject to hydrolysis) is 2. The molecule has 1 aliphatic carbocycles. The van der Waals surface area contributed by atoms with Gasteiger partial charge in [0.1, 0.15) is 18.0 Å². The number of carbonyl (C=O) groups excluding carboxylic acids is 2. The molecule has 2 amide bonds. The molecule has 9 nitrogen and oxygen atoms in total. The van der Waals surface area contributed by atoms with Gasteiger partial charge in [0.15, 0.2) is 0 Å². The number of benzene rings is 3. The van der Waals surface area contributed by atoms with E-state index in [0.29, 0.717) is 17.8 Å². The fourth-order valence-electron chi connectivity index (χ4n) is 5.70. The zero-order valence-corrected chi connectivity index (χ0v) is 27.2. The first-order valence-corrected chi connectivity index (χ1v) is 15.4. The number of aromatic nitrogens is 2. The molecule has 0 unspecified atom stereocenters. The van der Waals surface area contributed by atoms with Gasteiger partial charge in [-0.3, -0.25) is 9.36 Å². The molecule has 0 saturated heterocycles. The van der Waals surface area contributed by atoms with Gasteiger partial charge in [0.05, 0.1) is 22.0 Å². The highest BCUT2D eigenvalue weighted by Gasteiger charge is 2.30. The molecule has 1 heterocycles. The Morgan fingerprint density at radius 3 is 2.18 bits per heavy atom. The zero-order valence-electron chi connectivity index (χ0n) is 26.4. The Balaban J connectivity index is 1.35. The van der Waals surface area contributed by atoms with Crippen LogP contribution in [0.25, 0.3) is 22.0 Å². The van der Waals surface area contributed by atoms with Crippen molar-refractivity contribution >= 4 is 34.7 Å². The van der Waals surface area contributed by atoms with Gasteiger partial charge >= 0.3 is 12.2 Å². The minimum absolute atomic E-state index is 0.0859. The van der Waals surface area contributed by atoms with E-state index in [4.69, 9.17) is 26.1 Å². The smallest absolute Gasteiger partial charge is 0.408 e. The molecule has 1 atom stereocenters. The van der Waals surface area contributed by atoms with Crippen LogP contribution in [0.4, 0.5) is 9.59 Å². The van der Waals surface area contributed by atoms with Crippen LogP contribution in [0.5, 0.6) is 0 Å². The van der Waals surface area contributed by atoms with Crippen LogP contribution in [-0.4, -0.2) is 39.5 Å². The second-order valence-electron chi connectivity index (χ2n) is 13.0. The van der Waals surface area contributed by atoms with Gasteiger partial charge in [-0.2, -0.15) is 0 Å². The molecule has 0 aliphatic heterocycles. The van der Waals surface area contributed by atoms with E-state index in [1.807, 2.05) is 38.1 Å².